The van der Waals surface area contributed by atoms with Gasteiger partial charge in [0.25, 0.3) is 17.7 Å². The van der Waals surface area contributed by atoms with Gasteiger partial charge in [-0.3, -0.25) is 19.3 Å². The smallest absolute Gasteiger partial charge is 0.352 e. The van der Waals surface area contributed by atoms with E-state index in [-0.39, 0.29) is 41.4 Å². The Kier molecular flexibility index (Phi) is 11.7. The maximum absolute atomic E-state index is 13.1. The minimum atomic E-state index is -1.24. The number of nitrogen functional groups attached to an aromatic ring is 1. The van der Waals surface area contributed by atoms with E-state index in [1.54, 1.807) is 36.0 Å². The number of β-lactam (4-membered cyclic amide) rings is 1. The van der Waals surface area contributed by atoms with Crippen LogP contribution in [0.3, 0.4) is 0 Å². The van der Waals surface area contributed by atoms with Crippen LogP contribution in [0.2, 0.25) is 0 Å². The van der Waals surface area contributed by atoms with Gasteiger partial charge in [-0.15, -0.1) is 11.8 Å². The molecule has 2 aromatic rings. The normalized spacial score (nSPS) is 18.0. The second-order valence-corrected chi connectivity index (χ2v) is 12.1. The highest BCUT2D eigenvalue weighted by atomic mass is 32.2. The molecule has 2 aromatic heterocycles. The first-order valence-electron chi connectivity index (χ1n) is 14.5. The zero-order valence-electron chi connectivity index (χ0n) is 24.7. The average Bonchev–Trinajstić information content (AvgIpc) is 3.45. The van der Waals surface area contributed by atoms with Crippen LogP contribution < -0.4 is 20.9 Å². The van der Waals surface area contributed by atoms with Gasteiger partial charge < -0.3 is 26.3 Å². The van der Waals surface area contributed by atoms with E-state index in [1.165, 1.54) is 42.3 Å². The van der Waals surface area contributed by atoms with Crippen LogP contribution in [0, 0.1) is 0 Å². The van der Waals surface area contributed by atoms with Crippen LogP contribution in [0.5, 0.6) is 0 Å². The molecule has 236 valence electrons. The highest BCUT2D eigenvalue weighted by Crippen LogP contribution is 2.40. The molecule has 0 saturated carbocycles. The SMILES string of the molecule is CCCCCCCCNC(=O)c1cc[n+](CC2=C(C(=O)O)N3C(=O)C(NC(=O)C(=NOCC)c4nsc(N)n4)[C@H]3SC2)cc1. The molecule has 2 aliphatic heterocycles. The zero-order valence-corrected chi connectivity index (χ0v) is 26.3. The van der Waals surface area contributed by atoms with Crippen molar-refractivity contribution >= 4 is 57.8 Å². The third kappa shape index (κ3) is 7.91. The summed E-state index contributed by atoms with van der Waals surface area (Å²) >= 11 is 2.22. The third-order valence-electron chi connectivity index (χ3n) is 7.03. The highest BCUT2D eigenvalue weighted by molar-refractivity contribution is 8.00. The fraction of sp³-hybridized carbons (Fsp3) is 0.500. The Hall–Kier alpha value is -4.05. The molecular weight excluding hydrogens is 608 g/mol. The quantitative estimate of drug-likeness (QED) is 0.0686. The van der Waals surface area contributed by atoms with Crippen molar-refractivity contribution in [2.24, 2.45) is 5.16 Å². The van der Waals surface area contributed by atoms with Gasteiger partial charge in [0.1, 0.15) is 23.7 Å². The lowest BCUT2D eigenvalue weighted by Crippen LogP contribution is -2.71. The van der Waals surface area contributed by atoms with Crippen LogP contribution >= 0.6 is 23.3 Å². The van der Waals surface area contributed by atoms with E-state index in [0.29, 0.717) is 23.4 Å². The summed E-state index contributed by atoms with van der Waals surface area (Å²) in [5.41, 5.74) is 6.32. The van der Waals surface area contributed by atoms with Crippen LogP contribution in [0.25, 0.3) is 0 Å². The highest BCUT2D eigenvalue weighted by Gasteiger charge is 2.55. The molecule has 0 bridgehead atoms. The second-order valence-electron chi connectivity index (χ2n) is 10.2. The fourth-order valence-electron chi connectivity index (χ4n) is 4.80. The van der Waals surface area contributed by atoms with E-state index < -0.39 is 29.2 Å². The lowest BCUT2D eigenvalue weighted by atomic mass is 10.0. The molecule has 0 radical (unpaired) electrons. The molecule has 0 spiro atoms. The van der Waals surface area contributed by atoms with Crippen molar-refractivity contribution in [3.8, 4) is 0 Å². The van der Waals surface area contributed by atoms with Crippen molar-refractivity contribution < 1.29 is 33.7 Å². The molecule has 1 saturated heterocycles. The Labute approximate surface area is 263 Å². The summed E-state index contributed by atoms with van der Waals surface area (Å²) in [6, 6.07) is 2.39. The Morgan fingerprint density at radius 3 is 2.57 bits per heavy atom. The van der Waals surface area contributed by atoms with Crippen molar-refractivity contribution in [2.45, 2.75) is 70.3 Å². The van der Waals surface area contributed by atoms with Gasteiger partial charge >= 0.3 is 5.97 Å². The monoisotopic (exact) mass is 645 g/mol. The van der Waals surface area contributed by atoms with E-state index in [4.69, 9.17) is 10.6 Å². The first kappa shape index (κ1) is 32.9. The van der Waals surface area contributed by atoms with Gasteiger partial charge in [0.05, 0.1) is 5.56 Å². The number of amides is 3. The van der Waals surface area contributed by atoms with Crippen LogP contribution in [0.1, 0.15) is 68.6 Å². The molecule has 4 heterocycles. The molecule has 16 heteroatoms. The lowest BCUT2D eigenvalue weighted by Gasteiger charge is -2.49. The van der Waals surface area contributed by atoms with Gasteiger partial charge in [0.15, 0.2) is 24.1 Å². The van der Waals surface area contributed by atoms with E-state index in [0.717, 1.165) is 24.4 Å². The number of pyridine rings is 1. The van der Waals surface area contributed by atoms with Crippen LogP contribution in [-0.2, 0) is 25.8 Å². The van der Waals surface area contributed by atoms with Gasteiger partial charge in [-0.1, -0.05) is 44.2 Å². The maximum atomic E-state index is 13.1. The molecule has 5 N–H and O–H groups in total. The molecule has 4 rings (SSSR count). The standard InChI is InChI=1S/C28H36N8O6S2/c1-3-5-6-7-8-9-12-30-23(37)17-10-13-35(14-11-17)15-18-16-43-26-20(25(39)36(26)21(18)27(40)41)31-24(38)19(33-42-4-2)22-32-28(29)44-34-22/h10-11,13-14,20,26H,3-9,12,15-16H2,1-2H3,(H4-,29,30,31,32,34,37,38,40,41)/p+1/t20?,26-/m1/s1. The Morgan fingerprint density at radius 2 is 1.91 bits per heavy atom. The second kappa shape index (κ2) is 15.6. The number of rotatable bonds is 16. The molecular formula is C28H37N8O6S2+. The van der Waals surface area contributed by atoms with E-state index in [1.807, 2.05) is 0 Å². The molecule has 44 heavy (non-hydrogen) atoms. The van der Waals surface area contributed by atoms with Gasteiger partial charge in [-0.2, -0.15) is 9.36 Å². The van der Waals surface area contributed by atoms with Crippen molar-refractivity contribution in [1.29, 1.82) is 0 Å². The zero-order chi connectivity index (χ0) is 31.6. The number of oxime groups is 1. The van der Waals surface area contributed by atoms with Gasteiger partial charge in [-0.05, 0) is 13.3 Å². The summed E-state index contributed by atoms with van der Waals surface area (Å²) in [7, 11) is 0. The number of aromatic nitrogens is 3. The summed E-state index contributed by atoms with van der Waals surface area (Å²) in [6.45, 7) is 4.89. The predicted octanol–water partition coefficient (Wildman–Crippen LogP) is 1.68. The largest absolute Gasteiger partial charge is 0.477 e. The number of carboxylic acids is 1. The van der Waals surface area contributed by atoms with Gasteiger partial charge in [0.2, 0.25) is 11.5 Å². The number of aliphatic carboxylic acids is 1. The summed E-state index contributed by atoms with van der Waals surface area (Å²) in [4.78, 5) is 61.2. The number of carboxylic acid groups (broad SMARTS) is 1. The first-order chi connectivity index (χ1) is 21.2. The number of anilines is 1. The number of carbonyl (C=O) groups is 4. The number of nitrogens with two attached hydrogens (primary N) is 1. The number of hydrogen-bond donors (Lipinski definition) is 4. The van der Waals surface area contributed by atoms with Crippen LogP contribution in [-0.4, -0.2) is 79.1 Å². The molecule has 3 amide bonds. The summed E-state index contributed by atoms with van der Waals surface area (Å²) in [5, 5.41) is 18.9. The molecule has 0 aliphatic carbocycles. The van der Waals surface area contributed by atoms with E-state index in [9.17, 15) is 24.3 Å². The summed E-state index contributed by atoms with van der Waals surface area (Å²) in [6.07, 6.45) is 10.3. The third-order valence-corrected chi connectivity index (χ3v) is 8.91. The number of carbonyl (C=O) groups excluding carboxylic acids is 3. The van der Waals surface area contributed by atoms with Crippen molar-refractivity contribution in [1.82, 2.24) is 24.9 Å². The van der Waals surface area contributed by atoms with Gasteiger partial charge in [0, 0.05) is 41.5 Å². The molecule has 2 aliphatic rings. The first-order valence-corrected chi connectivity index (χ1v) is 16.3. The summed E-state index contributed by atoms with van der Waals surface area (Å²) in [5.74, 6) is -2.42. The number of hydrogen-bond acceptors (Lipinski definition) is 11. The molecule has 0 aromatic carbocycles. The molecule has 2 atom stereocenters. The minimum Gasteiger partial charge on any atom is -0.477 e. The van der Waals surface area contributed by atoms with Crippen molar-refractivity contribution in [3.63, 3.8) is 0 Å². The number of thioether (sulfide) groups is 1. The fourth-order valence-corrected chi connectivity index (χ4v) is 6.57. The predicted molar refractivity (Wildman–Crippen MR) is 165 cm³/mol. The number of fused-ring (bicyclic) bond motifs is 1. The van der Waals surface area contributed by atoms with Crippen molar-refractivity contribution in [2.75, 3.05) is 24.6 Å². The van der Waals surface area contributed by atoms with Crippen LogP contribution in [0.4, 0.5) is 5.13 Å². The lowest BCUT2D eigenvalue weighted by molar-refractivity contribution is -0.689. The number of nitrogens with zero attached hydrogens (tertiary/aromatic N) is 5. The molecule has 14 nitrogen and oxygen atoms in total. The number of unbranched alkanes of at least 4 members (excludes halogenated alkanes) is 5. The summed E-state index contributed by atoms with van der Waals surface area (Å²) < 4.78 is 5.75. The van der Waals surface area contributed by atoms with Gasteiger partial charge in [-0.25, -0.2) is 9.36 Å². The van der Waals surface area contributed by atoms with E-state index in [2.05, 4.69) is 32.1 Å². The minimum absolute atomic E-state index is 0.0369. The topological polar surface area (TPSA) is 193 Å². The number of nitrogens with one attached hydrogen (secondary N) is 2. The van der Waals surface area contributed by atoms with E-state index >= 15 is 0 Å². The maximum Gasteiger partial charge on any atom is 0.352 e. The average molecular weight is 646 g/mol. The Balaban J connectivity index is 1.37. The van der Waals surface area contributed by atoms with Crippen molar-refractivity contribution in [3.05, 3.63) is 47.2 Å². The Morgan fingerprint density at radius 1 is 1.18 bits per heavy atom. The molecule has 1 unspecified atom stereocenters. The Bertz CT molecular complexity index is 1430. The van der Waals surface area contributed by atoms with Crippen LogP contribution in [0.15, 0.2) is 41.0 Å². The molecule has 1 fully saturated rings.